The minimum atomic E-state index is -0.0296. The summed E-state index contributed by atoms with van der Waals surface area (Å²) in [6.45, 7) is 23.4. The van der Waals surface area contributed by atoms with Crippen LogP contribution in [0.15, 0.2) is 95.8 Å². The van der Waals surface area contributed by atoms with Crippen LogP contribution in [0.5, 0.6) is 0 Å². The fraction of sp³-hybridized carbons (Fsp3) is 0.447. The number of allylic oxidation sites excluding steroid dienone is 8. The number of benzene rings is 2. The molecule has 2 heteroatoms. The zero-order valence-electron chi connectivity index (χ0n) is 26.5. The Balaban J connectivity index is 1.50. The molecular formula is C38H49N2+. The molecule has 2 nitrogen and oxygen atoms in total. The van der Waals surface area contributed by atoms with E-state index in [0.29, 0.717) is 0 Å². The Morgan fingerprint density at radius 1 is 0.750 bits per heavy atom. The average Bonchev–Trinajstić information content (AvgIpc) is 3.25. The van der Waals surface area contributed by atoms with Gasteiger partial charge in [-0.3, -0.25) is 0 Å². The first-order chi connectivity index (χ1) is 18.6. The van der Waals surface area contributed by atoms with Gasteiger partial charge in [-0.15, -0.1) is 0 Å². The Labute approximate surface area is 243 Å². The molecule has 0 amide bonds. The zero-order valence-corrected chi connectivity index (χ0v) is 26.5. The summed E-state index contributed by atoms with van der Waals surface area (Å²) >= 11 is 0. The minimum absolute atomic E-state index is 0.00628. The maximum atomic E-state index is 2.55. The van der Waals surface area contributed by atoms with Crippen molar-refractivity contribution in [3.05, 3.63) is 107 Å². The van der Waals surface area contributed by atoms with Gasteiger partial charge >= 0.3 is 0 Å². The van der Waals surface area contributed by atoms with Gasteiger partial charge in [-0.1, -0.05) is 68.5 Å². The molecule has 0 aromatic heterocycles. The molecule has 0 atom stereocenters. The number of hydrogen-bond donors (Lipinski definition) is 0. The van der Waals surface area contributed by atoms with Crippen LogP contribution < -0.4 is 4.90 Å². The maximum absolute atomic E-state index is 2.55. The van der Waals surface area contributed by atoms with E-state index in [-0.39, 0.29) is 21.9 Å². The highest BCUT2D eigenvalue weighted by atomic mass is 15.2. The number of anilines is 1. The second-order valence-electron chi connectivity index (χ2n) is 14.9. The molecule has 0 N–H and O–H groups in total. The summed E-state index contributed by atoms with van der Waals surface area (Å²) in [6.07, 6.45) is 15.5. The molecule has 2 aromatic rings. The van der Waals surface area contributed by atoms with Crippen molar-refractivity contribution in [3.8, 4) is 0 Å². The second kappa shape index (κ2) is 9.75. The summed E-state index contributed by atoms with van der Waals surface area (Å²) in [5, 5.41) is 0. The monoisotopic (exact) mass is 533 g/mol. The van der Waals surface area contributed by atoms with E-state index in [9.17, 15) is 0 Å². The summed E-state index contributed by atoms with van der Waals surface area (Å²) in [4.78, 5) is 2.55. The van der Waals surface area contributed by atoms with E-state index in [1.54, 1.807) is 0 Å². The second-order valence-corrected chi connectivity index (χ2v) is 14.9. The molecule has 2 aliphatic heterocycles. The predicted octanol–water partition coefficient (Wildman–Crippen LogP) is 9.93. The Morgan fingerprint density at radius 3 is 2.08 bits per heavy atom. The Hall–Kier alpha value is -3.13. The maximum Gasteiger partial charge on any atom is 0.210 e. The molecular weight excluding hydrogens is 484 g/mol. The third-order valence-corrected chi connectivity index (χ3v) is 8.95. The quantitative estimate of drug-likeness (QED) is 0.356. The van der Waals surface area contributed by atoms with Crippen molar-refractivity contribution in [2.24, 2.45) is 0 Å². The lowest BCUT2D eigenvalue weighted by molar-refractivity contribution is -0.517. The molecule has 210 valence electrons. The van der Waals surface area contributed by atoms with E-state index in [1.807, 2.05) is 0 Å². The summed E-state index contributed by atoms with van der Waals surface area (Å²) in [6, 6.07) is 17.8. The van der Waals surface area contributed by atoms with Crippen LogP contribution in [-0.4, -0.2) is 21.4 Å². The lowest BCUT2D eigenvalue weighted by Gasteiger charge is -2.38. The highest BCUT2D eigenvalue weighted by Crippen LogP contribution is 2.50. The van der Waals surface area contributed by atoms with Crippen molar-refractivity contribution in [3.63, 3.8) is 0 Å². The molecule has 0 saturated carbocycles. The van der Waals surface area contributed by atoms with Crippen molar-refractivity contribution in [1.82, 2.24) is 0 Å². The number of rotatable bonds is 3. The van der Waals surface area contributed by atoms with E-state index in [4.69, 9.17) is 0 Å². The third kappa shape index (κ3) is 4.84. The van der Waals surface area contributed by atoms with Crippen LogP contribution in [-0.2, 0) is 10.8 Å². The Bertz CT molecular complexity index is 1470. The fourth-order valence-electron chi connectivity index (χ4n) is 7.01. The predicted molar refractivity (Wildman–Crippen MR) is 173 cm³/mol. The highest BCUT2D eigenvalue weighted by Gasteiger charge is 2.48. The standard InChI is InChI=1S/C38H49N2/c1-35(2,3)39-31-20-13-11-18-29(31)37(7,8)33(39)24-22-27-16-15-17-28(26-27)23-25-34-38(9,10)30-19-12-14-21-32(30)40(34)36(4,5)6/h11-14,18-26H,15-17H2,1-10H3/q+1. The van der Waals surface area contributed by atoms with Gasteiger partial charge in [0.25, 0.3) is 0 Å². The Morgan fingerprint density at radius 2 is 1.40 bits per heavy atom. The van der Waals surface area contributed by atoms with Crippen LogP contribution in [0.2, 0.25) is 0 Å². The third-order valence-electron chi connectivity index (χ3n) is 8.95. The van der Waals surface area contributed by atoms with E-state index in [0.717, 1.165) is 12.8 Å². The summed E-state index contributed by atoms with van der Waals surface area (Å²) in [7, 11) is 0. The minimum Gasteiger partial charge on any atom is -0.339 e. The average molecular weight is 534 g/mol. The van der Waals surface area contributed by atoms with Crippen LogP contribution in [0.3, 0.4) is 0 Å². The van der Waals surface area contributed by atoms with E-state index in [1.165, 1.54) is 51.5 Å². The lowest BCUT2D eigenvalue weighted by atomic mass is 9.81. The molecule has 40 heavy (non-hydrogen) atoms. The topological polar surface area (TPSA) is 6.25 Å². The molecule has 0 fully saturated rings. The first-order valence-electron chi connectivity index (χ1n) is 15.1. The zero-order chi connectivity index (χ0) is 29.1. The molecule has 0 bridgehead atoms. The fourth-order valence-corrected chi connectivity index (χ4v) is 7.01. The van der Waals surface area contributed by atoms with Gasteiger partial charge in [0.2, 0.25) is 5.69 Å². The van der Waals surface area contributed by atoms with Gasteiger partial charge in [0.1, 0.15) is 0 Å². The smallest absolute Gasteiger partial charge is 0.210 e. The van der Waals surface area contributed by atoms with Crippen molar-refractivity contribution in [2.45, 2.75) is 110 Å². The molecule has 0 spiro atoms. The van der Waals surface area contributed by atoms with Crippen LogP contribution in [0, 0.1) is 0 Å². The summed E-state index contributed by atoms with van der Waals surface area (Å²) in [5.74, 6) is 0. The number of nitrogens with zero attached hydrogens (tertiary/aromatic N) is 2. The largest absolute Gasteiger partial charge is 0.339 e. The van der Waals surface area contributed by atoms with Crippen molar-refractivity contribution >= 4 is 17.1 Å². The van der Waals surface area contributed by atoms with Crippen LogP contribution in [0.25, 0.3) is 0 Å². The van der Waals surface area contributed by atoms with Gasteiger partial charge in [-0.25, -0.2) is 0 Å². The molecule has 3 aliphatic rings. The van der Waals surface area contributed by atoms with Crippen LogP contribution >= 0.6 is 0 Å². The van der Waals surface area contributed by atoms with Crippen molar-refractivity contribution < 1.29 is 4.58 Å². The highest BCUT2D eigenvalue weighted by molar-refractivity contribution is 6.03. The summed E-state index contributed by atoms with van der Waals surface area (Å²) < 4.78 is 2.55. The van der Waals surface area contributed by atoms with Gasteiger partial charge in [-0.05, 0) is 82.7 Å². The summed E-state index contributed by atoms with van der Waals surface area (Å²) in [5.41, 5.74) is 11.1. The molecule has 2 heterocycles. The van der Waals surface area contributed by atoms with E-state index >= 15 is 0 Å². The molecule has 1 aliphatic carbocycles. The number of para-hydroxylation sites is 2. The SMILES string of the molecule is CC1(C)C(/C=C/C2=CC(=C/C=C3/N(C(C)(C)C)c4ccccc4C3(C)C)/CCC2)=[N+](C(C)(C)C)c2ccccc21. The normalized spacial score (nSPS) is 22.4. The first-order valence-corrected chi connectivity index (χ1v) is 15.1. The lowest BCUT2D eigenvalue weighted by Crippen LogP contribution is -2.41. The van der Waals surface area contributed by atoms with E-state index < -0.39 is 0 Å². The van der Waals surface area contributed by atoms with Crippen molar-refractivity contribution in [1.29, 1.82) is 0 Å². The van der Waals surface area contributed by atoms with Crippen LogP contribution in [0.1, 0.15) is 99.6 Å². The van der Waals surface area contributed by atoms with E-state index in [2.05, 4.69) is 158 Å². The number of hydrogen-bond acceptors (Lipinski definition) is 1. The molecule has 5 rings (SSSR count). The molecule has 0 unspecified atom stereocenters. The Kier molecular flexibility index (Phi) is 6.93. The number of fused-ring (bicyclic) bond motifs is 2. The van der Waals surface area contributed by atoms with Crippen molar-refractivity contribution in [2.75, 3.05) is 4.90 Å². The van der Waals surface area contributed by atoms with Gasteiger partial charge in [0, 0.05) is 60.8 Å². The van der Waals surface area contributed by atoms with Crippen LogP contribution in [0.4, 0.5) is 11.4 Å². The molecule has 2 aromatic carbocycles. The molecule has 0 saturated heterocycles. The van der Waals surface area contributed by atoms with Gasteiger partial charge < -0.3 is 4.90 Å². The van der Waals surface area contributed by atoms with Gasteiger partial charge in [0.15, 0.2) is 11.3 Å². The molecule has 0 radical (unpaired) electrons. The van der Waals surface area contributed by atoms with Gasteiger partial charge in [0.05, 0.1) is 5.41 Å². The van der Waals surface area contributed by atoms with Gasteiger partial charge in [-0.2, -0.15) is 4.58 Å². The first kappa shape index (κ1) is 28.4.